The van der Waals surface area contributed by atoms with Crippen molar-refractivity contribution in [1.29, 1.82) is 0 Å². The number of benzene rings is 1. The lowest BCUT2D eigenvalue weighted by Gasteiger charge is -2.20. The summed E-state index contributed by atoms with van der Waals surface area (Å²) >= 11 is 0. The Bertz CT molecular complexity index is 556. The minimum Gasteiger partial charge on any atom is -0.497 e. The molecule has 0 saturated heterocycles. The van der Waals surface area contributed by atoms with Crippen LogP contribution in [0.1, 0.15) is 26.7 Å². The molecule has 0 bridgehead atoms. The topological polar surface area (TPSA) is 102 Å². The highest BCUT2D eigenvalue weighted by Gasteiger charge is 2.22. The van der Waals surface area contributed by atoms with Crippen molar-refractivity contribution < 1.29 is 18.3 Å². The van der Waals surface area contributed by atoms with E-state index in [1.165, 1.54) is 25.3 Å². The molecule has 21 heavy (non-hydrogen) atoms. The zero-order valence-corrected chi connectivity index (χ0v) is 13.5. The maximum absolute atomic E-state index is 12.2. The van der Waals surface area contributed by atoms with Crippen molar-refractivity contribution in [1.82, 2.24) is 4.72 Å². The van der Waals surface area contributed by atoms with Crippen LogP contribution in [-0.2, 0) is 10.0 Å². The number of nitrogens with one attached hydrogen (secondary N) is 1. The number of aliphatic hydroxyl groups excluding tert-OH is 1. The van der Waals surface area contributed by atoms with Gasteiger partial charge in [-0.1, -0.05) is 26.7 Å². The Hall–Kier alpha value is -1.31. The summed E-state index contributed by atoms with van der Waals surface area (Å²) in [5.74, 6) is 0.560. The molecule has 0 aliphatic rings. The largest absolute Gasteiger partial charge is 0.497 e. The Balaban J connectivity index is 2.83. The summed E-state index contributed by atoms with van der Waals surface area (Å²) in [6, 6.07) is 4.37. The van der Waals surface area contributed by atoms with Crippen LogP contribution in [0, 0.1) is 5.92 Å². The number of ether oxygens (including phenoxy) is 1. The summed E-state index contributed by atoms with van der Waals surface area (Å²) in [4.78, 5) is -0.0138. The summed E-state index contributed by atoms with van der Waals surface area (Å²) in [5, 5.41) is 9.99. The van der Waals surface area contributed by atoms with E-state index in [1.807, 2.05) is 13.8 Å². The predicted octanol–water partition coefficient (Wildman–Crippen LogP) is 1.35. The van der Waals surface area contributed by atoms with Crippen molar-refractivity contribution in [2.24, 2.45) is 5.92 Å². The lowest BCUT2D eigenvalue weighted by atomic mass is 9.97. The Kier molecular flexibility index (Phi) is 6.44. The van der Waals surface area contributed by atoms with E-state index in [4.69, 9.17) is 10.5 Å². The van der Waals surface area contributed by atoms with Gasteiger partial charge in [-0.25, -0.2) is 13.1 Å². The lowest BCUT2D eigenvalue weighted by molar-refractivity contribution is 0.107. The number of sulfonamides is 1. The van der Waals surface area contributed by atoms with Crippen LogP contribution in [0.25, 0.3) is 0 Å². The van der Waals surface area contributed by atoms with Gasteiger partial charge in [0.05, 0.1) is 18.9 Å². The number of hydrogen-bond donors (Lipinski definition) is 3. The Morgan fingerprint density at radius 3 is 2.43 bits per heavy atom. The second-order valence-corrected chi connectivity index (χ2v) is 6.63. The standard InChI is InChI=1S/C14H24N2O4S/c1-4-10(5-2)13(17)9-16-21(18,19)14-7-6-11(20-3)8-12(14)15/h6-8,10,13,16-17H,4-5,9,15H2,1-3H3. The molecule has 1 rings (SSSR count). The van der Waals surface area contributed by atoms with Crippen molar-refractivity contribution in [2.45, 2.75) is 37.7 Å². The molecule has 0 aromatic heterocycles. The molecule has 6 nitrogen and oxygen atoms in total. The van der Waals surface area contributed by atoms with Crippen molar-refractivity contribution in [3.8, 4) is 5.75 Å². The minimum atomic E-state index is -3.75. The maximum Gasteiger partial charge on any atom is 0.242 e. The van der Waals surface area contributed by atoms with Gasteiger partial charge >= 0.3 is 0 Å². The van der Waals surface area contributed by atoms with Crippen LogP contribution in [0.4, 0.5) is 5.69 Å². The van der Waals surface area contributed by atoms with Gasteiger partial charge in [-0.2, -0.15) is 0 Å². The van der Waals surface area contributed by atoms with E-state index in [9.17, 15) is 13.5 Å². The molecule has 7 heteroatoms. The number of rotatable bonds is 8. The second-order valence-electron chi connectivity index (χ2n) is 4.90. The van der Waals surface area contributed by atoms with Crippen LogP contribution in [0.15, 0.2) is 23.1 Å². The quantitative estimate of drug-likeness (QED) is 0.628. The van der Waals surface area contributed by atoms with Gasteiger partial charge in [-0.15, -0.1) is 0 Å². The number of methoxy groups -OCH3 is 1. The number of nitrogens with two attached hydrogens (primary N) is 1. The highest BCUT2D eigenvalue weighted by molar-refractivity contribution is 7.89. The first kappa shape index (κ1) is 17.7. The van der Waals surface area contributed by atoms with E-state index in [0.29, 0.717) is 5.75 Å². The van der Waals surface area contributed by atoms with E-state index in [-0.39, 0.29) is 23.0 Å². The fourth-order valence-electron chi connectivity index (χ4n) is 2.17. The van der Waals surface area contributed by atoms with Crippen molar-refractivity contribution >= 4 is 15.7 Å². The van der Waals surface area contributed by atoms with Crippen LogP contribution in [0.2, 0.25) is 0 Å². The molecule has 0 aliphatic heterocycles. The Morgan fingerprint density at radius 2 is 1.95 bits per heavy atom. The predicted molar refractivity (Wildman–Crippen MR) is 82.7 cm³/mol. The molecular weight excluding hydrogens is 292 g/mol. The molecule has 0 fully saturated rings. The zero-order valence-electron chi connectivity index (χ0n) is 12.7. The molecule has 0 saturated carbocycles. The molecule has 4 N–H and O–H groups in total. The van der Waals surface area contributed by atoms with E-state index < -0.39 is 16.1 Å². The third-order valence-electron chi connectivity index (χ3n) is 3.58. The monoisotopic (exact) mass is 316 g/mol. The van der Waals surface area contributed by atoms with Gasteiger partial charge < -0.3 is 15.6 Å². The summed E-state index contributed by atoms with van der Waals surface area (Å²) < 4.78 is 31.8. The molecular formula is C14H24N2O4S. The van der Waals surface area contributed by atoms with Crippen LogP contribution >= 0.6 is 0 Å². The fourth-order valence-corrected chi connectivity index (χ4v) is 3.33. The van der Waals surface area contributed by atoms with Gasteiger partial charge in [-0.3, -0.25) is 0 Å². The minimum absolute atomic E-state index is 0.0138. The van der Waals surface area contributed by atoms with Gasteiger partial charge in [0.1, 0.15) is 10.6 Å². The molecule has 1 aromatic carbocycles. The fraction of sp³-hybridized carbons (Fsp3) is 0.571. The molecule has 0 radical (unpaired) electrons. The summed E-state index contributed by atoms with van der Waals surface area (Å²) in [7, 11) is -2.27. The molecule has 0 amide bonds. The molecule has 0 heterocycles. The van der Waals surface area contributed by atoms with Gasteiger partial charge in [0.2, 0.25) is 10.0 Å². The first-order valence-electron chi connectivity index (χ1n) is 6.96. The lowest BCUT2D eigenvalue weighted by Crippen LogP contribution is -2.36. The highest BCUT2D eigenvalue weighted by atomic mass is 32.2. The smallest absolute Gasteiger partial charge is 0.242 e. The average molecular weight is 316 g/mol. The highest BCUT2D eigenvalue weighted by Crippen LogP contribution is 2.23. The summed E-state index contributed by atoms with van der Waals surface area (Å²) in [5.41, 5.74) is 5.85. The normalized spacial score (nSPS) is 13.4. The van der Waals surface area contributed by atoms with Crippen LogP contribution < -0.4 is 15.2 Å². The molecule has 1 unspecified atom stereocenters. The number of hydrogen-bond acceptors (Lipinski definition) is 5. The maximum atomic E-state index is 12.2. The van der Waals surface area contributed by atoms with E-state index >= 15 is 0 Å². The Labute approximate surface area is 126 Å². The molecule has 0 spiro atoms. The van der Waals surface area contributed by atoms with Gasteiger partial charge in [-0.05, 0) is 18.1 Å². The van der Waals surface area contributed by atoms with Crippen LogP contribution in [-0.4, -0.2) is 33.3 Å². The first-order valence-corrected chi connectivity index (χ1v) is 8.45. The average Bonchev–Trinajstić information content (AvgIpc) is 2.46. The van der Waals surface area contributed by atoms with Crippen LogP contribution in [0.5, 0.6) is 5.75 Å². The number of nitrogen functional groups attached to an aromatic ring is 1. The van der Waals surface area contributed by atoms with Gasteiger partial charge in [0.25, 0.3) is 0 Å². The third-order valence-corrected chi connectivity index (χ3v) is 5.08. The van der Waals surface area contributed by atoms with E-state index in [2.05, 4.69) is 4.72 Å². The van der Waals surface area contributed by atoms with Gasteiger partial charge in [0.15, 0.2) is 0 Å². The summed E-state index contributed by atoms with van der Waals surface area (Å²) in [6.45, 7) is 3.90. The summed E-state index contributed by atoms with van der Waals surface area (Å²) in [6.07, 6.45) is 0.878. The van der Waals surface area contributed by atoms with Crippen LogP contribution in [0.3, 0.4) is 0 Å². The van der Waals surface area contributed by atoms with Crippen molar-refractivity contribution in [3.63, 3.8) is 0 Å². The number of aliphatic hydroxyl groups is 1. The van der Waals surface area contributed by atoms with Crippen molar-refractivity contribution in [2.75, 3.05) is 19.4 Å². The second kappa shape index (κ2) is 7.63. The molecule has 1 atom stereocenters. The van der Waals surface area contributed by atoms with Crippen molar-refractivity contribution in [3.05, 3.63) is 18.2 Å². The zero-order chi connectivity index (χ0) is 16.0. The SMILES string of the molecule is CCC(CC)C(O)CNS(=O)(=O)c1ccc(OC)cc1N. The molecule has 120 valence electrons. The third kappa shape index (κ3) is 4.59. The Morgan fingerprint density at radius 1 is 1.33 bits per heavy atom. The van der Waals surface area contributed by atoms with E-state index in [1.54, 1.807) is 0 Å². The van der Waals surface area contributed by atoms with Gasteiger partial charge in [0, 0.05) is 12.6 Å². The molecule has 0 aliphatic carbocycles. The molecule has 1 aromatic rings. The number of anilines is 1. The van der Waals surface area contributed by atoms with E-state index in [0.717, 1.165) is 12.8 Å². The first-order chi connectivity index (χ1) is 9.85.